The predicted molar refractivity (Wildman–Crippen MR) is 85.7 cm³/mol. The Morgan fingerprint density at radius 1 is 0.952 bits per heavy atom. The average molecular weight is 283 g/mol. The van der Waals surface area contributed by atoms with Gasteiger partial charge < -0.3 is 15.1 Å². The molecule has 1 fully saturated rings. The monoisotopic (exact) mass is 283 g/mol. The fourth-order valence-electron chi connectivity index (χ4n) is 2.73. The minimum atomic E-state index is 0.851. The maximum Gasteiger partial charge on any atom is 0.133 e. The zero-order valence-electron chi connectivity index (χ0n) is 12.4. The quantitative estimate of drug-likeness (QED) is 0.922. The first-order chi connectivity index (χ1) is 10.4. The number of aromatic nitrogens is 2. The molecule has 0 atom stereocenters. The van der Waals surface area contributed by atoms with Gasteiger partial charge in [-0.3, -0.25) is 0 Å². The molecule has 5 nitrogen and oxygen atoms in total. The van der Waals surface area contributed by atoms with Crippen LogP contribution in [0.25, 0.3) is 0 Å². The second-order valence-corrected chi connectivity index (χ2v) is 5.18. The SMILES string of the molecule is CNCc1cccnc1N1CCN(c2ccccn2)CC1. The van der Waals surface area contributed by atoms with E-state index in [1.54, 1.807) is 0 Å². The Morgan fingerprint density at radius 3 is 2.43 bits per heavy atom. The molecule has 1 N–H and O–H groups in total. The van der Waals surface area contributed by atoms with Gasteiger partial charge in [-0.2, -0.15) is 0 Å². The molecule has 0 aliphatic carbocycles. The number of anilines is 2. The molecule has 2 aromatic heterocycles. The minimum absolute atomic E-state index is 0.851. The maximum absolute atomic E-state index is 4.57. The standard InChI is InChI=1S/C16H21N5/c1-17-13-14-5-4-8-19-16(14)21-11-9-20(10-12-21)15-6-2-3-7-18-15/h2-8,17H,9-13H2,1H3. The molecule has 21 heavy (non-hydrogen) atoms. The Labute approximate surface area is 125 Å². The van der Waals surface area contributed by atoms with Gasteiger partial charge in [0.05, 0.1) is 0 Å². The molecule has 3 heterocycles. The zero-order chi connectivity index (χ0) is 14.5. The van der Waals surface area contributed by atoms with Crippen LogP contribution < -0.4 is 15.1 Å². The molecule has 0 bridgehead atoms. The Bertz CT molecular complexity index is 564. The lowest BCUT2D eigenvalue weighted by Gasteiger charge is -2.36. The van der Waals surface area contributed by atoms with Crippen LogP contribution in [0.5, 0.6) is 0 Å². The van der Waals surface area contributed by atoms with Crippen molar-refractivity contribution in [2.45, 2.75) is 6.54 Å². The smallest absolute Gasteiger partial charge is 0.133 e. The van der Waals surface area contributed by atoms with E-state index < -0.39 is 0 Å². The van der Waals surface area contributed by atoms with Gasteiger partial charge in [-0.05, 0) is 25.2 Å². The summed E-state index contributed by atoms with van der Waals surface area (Å²) < 4.78 is 0. The van der Waals surface area contributed by atoms with E-state index in [4.69, 9.17) is 0 Å². The van der Waals surface area contributed by atoms with Crippen LogP contribution in [0.2, 0.25) is 0 Å². The van der Waals surface area contributed by atoms with E-state index in [0.717, 1.165) is 44.4 Å². The van der Waals surface area contributed by atoms with Gasteiger partial charge in [-0.15, -0.1) is 0 Å². The molecule has 1 aliphatic heterocycles. The van der Waals surface area contributed by atoms with Gasteiger partial charge >= 0.3 is 0 Å². The van der Waals surface area contributed by atoms with Crippen molar-refractivity contribution >= 4 is 11.6 Å². The summed E-state index contributed by atoms with van der Waals surface area (Å²) in [5.41, 5.74) is 1.26. The van der Waals surface area contributed by atoms with Gasteiger partial charge in [0.2, 0.25) is 0 Å². The molecule has 3 rings (SSSR count). The third kappa shape index (κ3) is 3.13. The first kappa shape index (κ1) is 13.8. The van der Waals surface area contributed by atoms with Gasteiger partial charge in [0.25, 0.3) is 0 Å². The topological polar surface area (TPSA) is 44.3 Å². The summed E-state index contributed by atoms with van der Waals surface area (Å²) >= 11 is 0. The first-order valence-corrected chi connectivity index (χ1v) is 7.38. The van der Waals surface area contributed by atoms with E-state index in [2.05, 4.69) is 37.2 Å². The van der Waals surface area contributed by atoms with Crippen molar-refractivity contribution in [3.05, 3.63) is 48.3 Å². The summed E-state index contributed by atoms with van der Waals surface area (Å²) in [6, 6.07) is 10.2. The van der Waals surface area contributed by atoms with Gasteiger partial charge in [0.15, 0.2) is 0 Å². The molecular weight excluding hydrogens is 262 g/mol. The first-order valence-electron chi connectivity index (χ1n) is 7.38. The Kier molecular flexibility index (Phi) is 4.31. The third-order valence-corrected chi connectivity index (χ3v) is 3.79. The lowest BCUT2D eigenvalue weighted by molar-refractivity contribution is 0.637. The summed E-state index contributed by atoms with van der Waals surface area (Å²) in [6.45, 7) is 4.76. The Hall–Kier alpha value is -2.14. The highest BCUT2D eigenvalue weighted by Crippen LogP contribution is 2.20. The van der Waals surface area contributed by atoms with Crippen LogP contribution >= 0.6 is 0 Å². The third-order valence-electron chi connectivity index (χ3n) is 3.79. The highest BCUT2D eigenvalue weighted by atomic mass is 15.3. The second kappa shape index (κ2) is 6.54. The number of piperazine rings is 1. The van der Waals surface area contributed by atoms with Crippen LogP contribution in [0.4, 0.5) is 11.6 Å². The number of pyridine rings is 2. The molecule has 2 aromatic rings. The molecular formula is C16H21N5. The lowest BCUT2D eigenvalue weighted by atomic mass is 10.2. The van der Waals surface area contributed by atoms with Crippen molar-refractivity contribution in [1.82, 2.24) is 15.3 Å². The number of nitrogens with zero attached hydrogens (tertiary/aromatic N) is 4. The molecule has 0 spiro atoms. The Morgan fingerprint density at radius 2 is 1.71 bits per heavy atom. The van der Waals surface area contributed by atoms with Crippen molar-refractivity contribution < 1.29 is 0 Å². The normalized spacial score (nSPS) is 15.3. The van der Waals surface area contributed by atoms with Crippen molar-refractivity contribution in [1.29, 1.82) is 0 Å². The van der Waals surface area contributed by atoms with Gasteiger partial charge in [-0.1, -0.05) is 12.1 Å². The van der Waals surface area contributed by atoms with E-state index in [1.165, 1.54) is 5.56 Å². The van der Waals surface area contributed by atoms with E-state index >= 15 is 0 Å². The predicted octanol–water partition coefficient (Wildman–Crippen LogP) is 1.52. The van der Waals surface area contributed by atoms with Gasteiger partial charge in [0.1, 0.15) is 11.6 Å². The zero-order valence-corrected chi connectivity index (χ0v) is 12.4. The van der Waals surface area contributed by atoms with E-state index in [0.29, 0.717) is 0 Å². The largest absolute Gasteiger partial charge is 0.353 e. The molecule has 0 radical (unpaired) electrons. The van der Waals surface area contributed by atoms with Crippen molar-refractivity contribution in [2.24, 2.45) is 0 Å². The van der Waals surface area contributed by atoms with Crippen LogP contribution in [-0.2, 0) is 6.54 Å². The summed E-state index contributed by atoms with van der Waals surface area (Å²) in [7, 11) is 1.97. The maximum atomic E-state index is 4.57. The molecule has 0 unspecified atom stereocenters. The summed E-state index contributed by atoms with van der Waals surface area (Å²) in [6.07, 6.45) is 3.73. The molecule has 0 amide bonds. The van der Waals surface area contributed by atoms with E-state index in [-0.39, 0.29) is 0 Å². The number of rotatable bonds is 4. The van der Waals surface area contributed by atoms with Crippen LogP contribution in [0.3, 0.4) is 0 Å². The highest BCUT2D eigenvalue weighted by molar-refractivity contribution is 5.49. The Balaban J connectivity index is 1.69. The molecule has 1 saturated heterocycles. The highest BCUT2D eigenvalue weighted by Gasteiger charge is 2.20. The van der Waals surface area contributed by atoms with Crippen molar-refractivity contribution in [3.8, 4) is 0 Å². The average Bonchev–Trinajstić information content (AvgIpc) is 2.57. The van der Waals surface area contributed by atoms with Crippen LogP contribution in [0.1, 0.15) is 5.56 Å². The van der Waals surface area contributed by atoms with Crippen molar-refractivity contribution in [2.75, 3.05) is 43.0 Å². The fraction of sp³-hybridized carbons (Fsp3) is 0.375. The molecule has 110 valence electrons. The van der Waals surface area contributed by atoms with Crippen LogP contribution in [0.15, 0.2) is 42.7 Å². The summed E-state index contributed by atoms with van der Waals surface area (Å²) in [4.78, 5) is 13.7. The molecule has 5 heteroatoms. The molecule has 1 aliphatic rings. The van der Waals surface area contributed by atoms with Crippen LogP contribution in [0, 0.1) is 0 Å². The van der Waals surface area contributed by atoms with Gasteiger partial charge in [-0.25, -0.2) is 9.97 Å². The van der Waals surface area contributed by atoms with E-state index in [1.807, 2.05) is 37.6 Å². The number of hydrogen-bond donors (Lipinski definition) is 1. The lowest BCUT2D eigenvalue weighted by Crippen LogP contribution is -2.47. The van der Waals surface area contributed by atoms with E-state index in [9.17, 15) is 0 Å². The minimum Gasteiger partial charge on any atom is -0.353 e. The summed E-state index contributed by atoms with van der Waals surface area (Å²) in [5, 5.41) is 3.21. The van der Waals surface area contributed by atoms with Crippen molar-refractivity contribution in [3.63, 3.8) is 0 Å². The molecule has 0 aromatic carbocycles. The second-order valence-electron chi connectivity index (χ2n) is 5.18. The van der Waals surface area contributed by atoms with Gasteiger partial charge in [0, 0.05) is 50.7 Å². The number of nitrogens with one attached hydrogen (secondary N) is 1. The molecule has 0 saturated carbocycles. The summed E-state index contributed by atoms with van der Waals surface area (Å²) in [5.74, 6) is 2.17. The number of hydrogen-bond acceptors (Lipinski definition) is 5. The fourth-order valence-corrected chi connectivity index (χ4v) is 2.73. The van der Waals surface area contributed by atoms with Crippen LogP contribution in [-0.4, -0.2) is 43.2 Å².